The maximum Gasteiger partial charge on any atom is 0.294 e. The molecule has 39 heavy (non-hydrogen) atoms. The Labute approximate surface area is 227 Å². The van der Waals surface area contributed by atoms with Gasteiger partial charge in [0.15, 0.2) is 0 Å². The zero-order valence-electron chi connectivity index (χ0n) is 22.2. The van der Waals surface area contributed by atoms with E-state index in [9.17, 15) is 9.59 Å². The lowest BCUT2D eigenvalue weighted by Crippen LogP contribution is -2.50. The van der Waals surface area contributed by atoms with E-state index in [4.69, 9.17) is 20.4 Å². The number of nitrogens with two attached hydrogens (primary N) is 1. The van der Waals surface area contributed by atoms with E-state index in [0.717, 1.165) is 52.7 Å². The fourth-order valence-corrected chi connectivity index (χ4v) is 4.62. The number of ether oxygens (including phenoxy) is 1. The van der Waals surface area contributed by atoms with E-state index < -0.39 is 11.7 Å². The van der Waals surface area contributed by atoms with Crippen molar-refractivity contribution in [1.29, 1.82) is 0 Å². The Hall–Kier alpha value is -4.38. The second kappa shape index (κ2) is 11.6. The minimum absolute atomic E-state index is 0.216. The van der Waals surface area contributed by atoms with Gasteiger partial charge in [-0.05, 0) is 49.8 Å². The summed E-state index contributed by atoms with van der Waals surface area (Å²) in [5, 5.41) is 0. The molecule has 0 bridgehead atoms. The number of aromatic nitrogens is 4. The number of amides is 1. The van der Waals surface area contributed by atoms with Gasteiger partial charge < -0.3 is 25.2 Å². The third kappa shape index (κ3) is 6.20. The van der Waals surface area contributed by atoms with Gasteiger partial charge >= 0.3 is 0 Å². The van der Waals surface area contributed by atoms with Crippen LogP contribution in [0.25, 0.3) is 22.4 Å². The molecule has 3 aromatic heterocycles. The first-order valence-corrected chi connectivity index (χ1v) is 13.0. The molecule has 3 aromatic rings. The molecule has 11 heteroatoms. The molecule has 2 aliphatic rings. The molecule has 2 N–H and O–H groups in total. The van der Waals surface area contributed by atoms with E-state index in [1.165, 1.54) is 6.08 Å². The molecule has 0 radical (unpaired) electrons. The third-order valence-electron chi connectivity index (χ3n) is 6.72. The highest BCUT2D eigenvalue weighted by atomic mass is 16.5. The number of pyridine rings is 2. The van der Waals surface area contributed by atoms with Crippen molar-refractivity contribution in [1.82, 2.24) is 24.8 Å². The summed E-state index contributed by atoms with van der Waals surface area (Å²) in [6, 6.07) is 8.10. The maximum atomic E-state index is 12.4. The molecule has 202 valence electrons. The second-order valence-electron chi connectivity index (χ2n) is 9.80. The van der Waals surface area contributed by atoms with Crippen molar-refractivity contribution in [3.05, 3.63) is 54.5 Å². The lowest BCUT2D eigenvalue weighted by molar-refractivity contribution is -0.142. The molecule has 11 nitrogen and oxygen atoms in total. The number of nitrogen functional groups attached to an aromatic ring is 1. The van der Waals surface area contributed by atoms with E-state index >= 15 is 0 Å². The Kier molecular flexibility index (Phi) is 7.78. The molecule has 0 aromatic carbocycles. The number of anilines is 3. The smallest absolute Gasteiger partial charge is 0.294 e. The summed E-state index contributed by atoms with van der Waals surface area (Å²) in [5.41, 5.74) is 9.96. The Morgan fingerprint density at radius 3 is 2.13 bits per heavy atom. The second-order valence-corrected chi connectivity index (χ2v) is 9.80. The van der Waals surface area contributed by atoms with Gasteiger partial charge in [0.2, 0.25) is 11.7 Å². The highest BCUT2D eigenvalue weighted by molar-refractivity contribution is 6.40. The van der Waals surface area contributed by atoms with E-state index in [1.807, 2.05) is 24.4 Å². The van der Waals surface area contributed by atoms with Gasteiger partial charge in [-0.25, -0.2) is 19.9 Å². The zero-order valence-corrected chi connectivity index (χ0v) is 22.2. The first kappa shape index (κ1) is 26.2. The quantitative estimate of drug-likeness (QED) is 0.375. The fourth-order valence-electron chi connectivity index (χ4n) is 4.62. The molecule has 1 amide bonds. The van der Waals surface area contributed by atoms with Crippen LogP contribution in [-0.4, -0.2) is 89.0 Å². The van der Waals surface area contributed by atoms with Gasteiger partial charge in [-0.1, -0.05) is 5.57 Å². The molecule has 5 heterocycles. The van der Waals surface area contributed by atoms with Crippen LogP contribution in [0, 0.1) is 0 Å². The number of hydrogen-bond donors (Lipinski definition) is 1. The number of ketones is 1. The number of carbonyl (C=O) groups excluding carboxylic acids is 2. The highest BCUT2D eigenvalue weighted by Gasteiger charge is 2.25. The van der Waals surface area contributed by atoms with Gasteiger partial charge in [0.05, 0.1) is 18.9 Å². The normalized spacial score (nSPS) is 15.7. The SMILES string of the molecule is CC(C)=CC(=O)C(=O)N1CCN(c2ccc(-c3cc(-c4cnc(N)nc4)nc(N4CCOCC4)c3)cn2)CC1. The summed E-state index contributed by atoms with van der Waals surface area (Å²) in [6.07, 6.45) is 6.60. The molecule has 2 fully saturated rings. The predicted octanol–water partition coefficient (Wildman–Crippen LogP) is 2.20. The summed E-state index contributed by atoms with van der Waals surface area (Å²) in [7, 11) is 0. The van der Waals surface area contributed by atoms with E-state index in [0.29, 0.717) is 39.4 Å². The maximum absolute atomic E-state index is 12.4. The first-order chi connectivity index (χ1) is 18.9. The van der Waals surface area contributed by atoms with Crippen molar-refractivity contribution in [3.63, 3.8) is 0 Å². The Morgan fingerprint density at radius 2 is 1.49 bits per heavy atom. The number of allylic oxidation sites excluding steroid dienone is 1. The van der Waals surface area contributed by atoms with Crippen molar-refractivity contribution in [2.45, 2.75) is 13.8 Å². The molecule has 0 saturated carbocycles. The van der Waals surface area contributed by atoms with Crippen LogP contribution < -0.4 is 15.5 Å². The van der Waals surface area contributed by atoms with E-state index in [2.05, 4.69) is 25.8 Å². The van der Waals surface area contributed by atoms with Crippen LogP contribution in [0.2, 0.25) is 0 Å². The van der Waals surface area contributed by atoms with Gasteiger partial charge in [-0.3, -0.25) is 9.59 Å². The Bertz CT molecular complexity index is 1360. The molecular weight excluding hydrogens is 496 g/mol. The molecule has 0 spiro atoms. The van der Waals surface area contributed by atoms with Crippen LogP contribution in [0.1, 0.15) is 13.8 Å². The molecular formula is C28H32N8O3. The van der Waals surface area contributed by atoms with Crippen molar-refractivity contribution < 1.29 is 14.3 Å². The fraction of sp³-hybridized carbons (Fsp3) is 0.357. The van der Waals surface area contributed by atoms with Gasteiger partial charge in [0.25, 0.3) is 5.91 Å². The average Bonchev–Trinajstić information content (AvgIpc) is 2.97. The number of morpholine rings is 1. The summed E-state index contributed by atoms with van der Waals surface area (Å²) in [4.78, 5) is 48.4. The molecule has 0 atom stereocenters. The molecule has 2 saturated heterocycles. The summed E-state index contributed by atoms with van der Waals surface area (Å²) >= 11 is 0. The van der Waals surface area contributed by atoms with Gasteiger partial charge in [0, 0.05) is 69.0 Å². The predicted molar refractivity (Wildman–Crippen MR) is 149 cm³/mol. The van der Waals surface area contributed by atoms with Gasteiger partial charge in [0.1, 0.15) is 11.6 Å². The minimum Gasteiger partial charge on any atom is -0.378 e. The molecule has 0 unspecified atom stereocenters. The number of nitrogens with zero attached hydrogens (tertiary/aromatic N) is 7. The monoisotopic (exact) mass is 528 g/mol. The number of hydrogen-bond acceptors (Lipinski definition) is 10. The summed E-state index contributed by atoms with van der Waals surface area (Å²) in [6.45, 7) is 8.63. The topological polar surface area (TPSA) is 131 Å². The van der Waals surface area contributed by atoms with Crippen LogP contribution in [0.3, 0.4) is 0 Å². The Balaban J connectivity index is 1.34. The Morgan fingerprint density at radius 1 is 0.821 bits per heavy atom. The molecule has 5 rings (SSSR count). The van der Waals surface area contributed by atoms with Gasteiger partial charge in [-0.15, -0.1) is 0 Å². The van der Waals surface area contributed by atoms with Crippen LogP contribution >= 0.6 is 0 Å². The van der Waals surface area contributed by atoms with E-state index in [-0.39, 0.29) is 5.95 Å². The lowest BCUT2D eigenvalue weighted by atomic mass is 10.1. The zero-order chi connectivity index (χ0) is 27.4. The minimum atomic E-state index is -0.468. The molecule has 0 aliphatic carbocycles. The van der Waals surface area contributed by atoms with Crippen LogP contribution in [0.4, 0.5) is 17.6 Å². The van der Waals surface area contributed by atoms with Crippen LogP contribution in [0.5, 0.6) is 0 Å². The third-order valence-corrected chi connectivity index (χ3v) is 6.72. The standard InChI is InChI=1S/C28H32N8O3/c1-19(2)13-24(37)27(38)36-7-5-34(6-8-36)25-4-3-20(16-30-25)21-14-23(22-17-31-28(29)32-18-22)33-26(15-21)35-9-11-39-12-10-35/h3-4,13-18H,5-12H2,1-2H3,(H2,29,31,32). The molecule has 2 aliphatic heterocycles. The van der Waals surface area contributed by atoms with Gasteiger partial charge in [-0.2, -0.15) is 0 Å². The number of carbonyl (C=O) groups is 2. The summed E-state index contributed by atoms with van der Waals surface area (Å²) < 4.78 is 5.52. The number of piperazine rings is 1. The van der Waals surface area contributed by atoms with Crippen molar-refractivity contribution in [2.24, 2.45) is 0 Å². The summed E-state index contributed by atoms with van der Waals surface area (Å²) in [5.74, 6) is 0.985. The number of rotatable bonds is 6. The van der Waals surface area contributed by atoms with Crippen molar-refractivity contribution in [2.75, 3.05) is 68.0 Å². The average molecular weight is 529 g/mol. The lowest BCUT2D eigenvalue weighted by Gasteiger charge is -2.35. The highest BCUT2D eigenvalue weighted by Crippen LogP contribution is 2.30. The van der Waals surface area contributed by atoms with Crippen LogP contribution in [0.15, 0.2) is 54.5 Å². The first-order valence-electron chi connectivity index (χ1n) is 13.0. The van der Waals surface area contributed by atoms with E-state index in [1.54, 1.807) is 31.1 Å². The van der Waals surface area contributed by atoms with Crippen molar-refractivity contribution >= 4 is 29.3 Å². The largest absolute Gasteiger partial charge is 0.378 e. The van der Waals surface area contributed by atoms with Crippen molar-refractivity contribution in [3.8, 4) is 22.4 Å². The van der Waals surface area contributed by atoms with Crippen LogP contribution in [-0.2, 0) is 14.3 Å².